The van der Waals surface area contributed by atoms with Gasteiger partial charge in [-0.1, -0.05) is 35.0 Å². The summed E-state index contributed by atoms with van der Waals surface area (Å²) >= 11 is 0. The highest BCUT2D eigenvalue weighted by Crippen LogP contribution is 2.27. The molecular weight excluding hydrogens is 228 g/mol. The van der Waals surface area contributed by atoms with Gasteiger partial charge in [-0.3, -0.25) is 0 Å². The van der Waals surface area contributed by atoms with Crippen molar-refractivity contribution >= 4 is 0 Å². The van der Waals surface area contributed by atoms with Gasteiger partial charge in [0.25, 0.3) is 5.89 Å². The van der Waals surface area contributed by atoms with Crippen LogP contribution in [0.3, 0.4) is 0 Å². The van der Waals surface area contributed by atoms with Crippen LogP contribution in [0.15, 0.2) is 28.8 Å². The largest absolute Gasteiger partial charge is 0.368 e. The van der Waals surface area contributed by atoms with E-state index in [2.05, 4.69) is 41.3 Å². The number of ether oxygens (including phenoxy) is 1. The van der Waals surface area contributed by atoms with Crippen LogP contribution in [0.2, 0.25) is 0 Å². The maximum absolute atomic E-state index is 5.52. The fourth-order valence-corrected chi connectivity index (χ4v) is 2.13. The molecule has 3 rings (SSSR count). The molecule has 0 aliphatic carbocycles. The van der Waals surface area contributed by atoms with Gasteiger partial charge in [0, 0.05) is 13.0 Å². The van der Waals surface area contributed by atoms with Crippen molar-refractivity contribution in [2.45, 2.75) is 32.3 Å². The standard InChI is InChI=1S/C14H16N2O2/c1-10-4-6-11(7-5-10)9-13-15-14(18-16-13)12-3-2-8-17-12/h4-7,12H,2-3,8-9H2,1H3/t12-/m0/s1. The molecule has 4 nitrogen and oxygen atoms in total. The third kappa shape index (κ3) is 2.43. The monoisotopic (exact) mass is 244 g/mol. The Morgan fingerprint density at radius 1 is 1.28 bits per heavy atom. The quantitative estimate of drug-likeness (QED) is 0.833. The van der Waals surface area contributed by atoms with E-state index >= 15 is 0 Å². The summed E-state index contributed by atoms with van der Waals surface area (Å²) in [5.41, 5.74) is 2.45. The average Bonchev–Trinajstić information content (AvgIpc) is 3.02. The van der Waals surface area contributed by atoms with Gasteiger partial charge < -0.3 is 9.26 Å². The molecule has 18 heavy (non-hydrogen) atoms. The first-order chi connectivity index (χ1) is 8.81. The molecule has 0 radical (unpaired) electrons. The second-order valence-corrected chi connectivity index (χ2v) is 4.71. The Hall–Kier alpha value is -1.68. The van der Waals surface area contributed by atoms with Crippen LogP contribution in [0.5, 0.6) is 0 Å². The first kappa shape index (κ1) is 11.4. The van der Waals surface area contributed by atoms with Crippen LogP contribution in [0, 0.1) is 6.92 Å². The lowest BCUT2D eigenvalue weighted by Crippen LogP contribution is -1.97. The first-order valence-corrected chi connectivity index (χ1v) is 6.31. The molecule has 2 heterocycles. The van der Waals surface area contributed by atoms with Crippen LogP contribution in [0.25, 0.3) is 0 Å². The smallest absolute Gasteiger partial charge is 0.255 e. The Labute approximate surface area is 106 Å². The number of aryl methyl sites for hydroxylation is 1. The predicted octanol–water partition coefficient (Wildman–Crippen LogP) is 2.82. The van der Waals surface area contributed by atoms with Crippen molar-refractivity contribution in [2.75, 3.05) is 6.61 Å². The van der Waals surface area contributed by atoms with Gasteiger partial charge in [0.2, 0.25) is 0 Å². The second-order valence-electron chi connectivity index (χ2n) is 4.71. The number of hydrogen-bond acceptors (Lipinski definition) is 4. The van der Waals surface area contributed by atoms with Crippen molar-refractivity contribution in [3.63, 3.8) is 0 Å². The molecule has 1 aromatic carbocycles. The van der Waals surface area contributed by atoms with E-state index in [0.29, 0.717) is 12.3 Å². The third-order valence-electron chi connectivity index (χ3n) is 3.17. The van der Waals surface area contributed by atoms with E-state index in [1.807, 2.05) is 0 Å². The van der Waals surface area contributed by atoms with Crippen molar-refractivity contribution in [1.29, 1.82) is 0 Å². The maximum Gasteiger partial charge on any atom is 0.255 e. The van der Waals surface area contributed by atoms with Crippen LogP contribution in [0.4, 0.5) is 0 Å². The summed E-state index contributed by atoms with van der Waals surface area (Å²) in [5, 5.41) is 4.01. The highest BCUT2D eigenvalue weighted by Gasteiger charge is 2.23. The molecule has 1 atom stereocenters. The number of rotatable bonds is 3. The van der Waals surface area contributed by atoms with E-state index in [4.69, 9.17) is 9.26 Å². The molecule has 0 unspecified atom stereocenters. The number of nitrogens with zero attached hydrogens (tertiary/aromatic N) is 2. The van der Waals surface area contributed by atoms with Crippen LogP contribution in [0.1, 0.15) is 41.8 Å². The SMILES string of the molecule is Cc1ccc(Cc2noc([C@@H]3CCCO3)n2)cc1. The van der Waals surface area contributed by atoms with E-state index in [0.717, 1.165) is 25.3 Å². The Morgan fingerprint density at radius 2 is 2.11 bits per heavy atom. The van der Waals surface area contributed by atoms with Gasteiger partial charge in [0.1, 0.15) is 6.10 Å². The summed E-state index contributed by atoms with van der Waals surface area (Å²) in [6.07, 6.45) is 2.76. The summed E-state index contributed by atoms with van der Waals surface area (Å²) in [7, 11) is 0. The van der Waals surface area contributed by atoms with Gasteiger partial charge in [0.05, 0.1) is 0 Å². The van der Waals surface area contributed by atoms with E-state index in [9.17, 15) is 0 Å². The van der Waals surface area contributed by atoms with Crippen LogP contribution < -0.4 is 0 Å². The first-order valence-electron chi connectivity index (χ1n) is 6.31. The minimum absolute atomic E-state index is 0.00395. The zero-order valence-corrected chi connectivity index (χ0v) is 10.4. The molecule has 1 fully saturated rings. The molecule has 0 N–H and O–H groups in total. The average molecular weight is 244 g/mol. The molecule has 1 aliphatic heterocycles. The molecule has 1 aromatic heterocycles. The minimum Gasteiger partial charge on any atom is -0.368 e. The molecular formula is C14H16N2O2. The van der Waals surface area contributed by atoms with Gasteiger partial charge in [-0.15, -0.1) is 0 Å². The lowest BCUT2D eigenvalue weighted by atomic mass is 10.1. The molecule has 1 saturated heterocycles. The van der Waals surface area contributed by atoms with Crippen LogP contribution >= 0.6 is 0 Å². The molecule has 0 amide bonds. The Balaban J connectivity index is 1.71. The lowest BCUT2D eigenvalue weighted by Gasteiger charge is -2.00. The molecule has 0 bridgehead atoms. The fraction of sp³-hybridized carbons (Fsp3) is 0.429. The van der Waals surface area contributed by atoms with Gasteiger partial charge in [-0.2, -0.15) is 4.98 Å². The highest BCUT2D eigenvalue weighted by atomic mass is 16.5. The number of benzene rings is 1. The normalized spacial score (nSPS) is 19.3. The fourth-order valence-electron chi connectivity index (χ4n) is 2.13. The van der Waals surface area contributed by atoms with Gasteiger partial charge in [-0.25, -0.2) is 0 Å². The summed E-state index contributed by atoms with van der Waals surface area (Å²) in [4.78, 5) is 4.41. The Kier molecular flexibility index (Phi) is 3.11. The van der Waals surface area contributed by atoms with Crippen molar-refractivity contribution in [3.05, 3.63) is 47.1 Å². The highest BCUT2D eigenvalue weighted by molar-refractivity contribution is 5.23. The zero-order valence-electron chi connectivity index (χ0n) is 10.4. The summed E-state index contributed by atoms with van der Waals surface area (Å²) in [6.45, 7) is 2.87. The van der Waals surface area contributed by atoms with Crippen LogP contribution in [-0.2, 0) is 11.2 Å². The van der Waals surface area contributed by atoms with Gasteiger partial charge in [-0.05, 0) is 25.3 Å². The van der Waals surface area contributed by atoms with Gasteiger partial charge >= 0.3 is 0 Å². The van der Waals surface area contributed by atoms with Crippen molar-refractivity contribution in [2.24, 2.45) is 0 Å². The van der Waals surface area contributed by atoms with Crippen molar-refractivity contribution in [1.82, 2.24) is 10.1 Å². The predicted molar refractivity (Wildman–Crippen MR) is 66.2 cm³/mol. The van der Waals surface area contributed by atoms with Crippen molar-refractivity contribution < 1.29 is 9.26 Å². The van der Waals surface area contributed by atoms with Crippen molar-refractivity contribution in [3.8, 4) is 0 Å². The molecule has 2 aromatic rings. The maximum atomic E-state index is 5.52. The van der Waals surface area contributed by atoms with E-state index in [1.165, 1.54) is 11.1 Å². The number of aromatic nitrogens is 2. The van der Waals surface area contributed by atoms with E-state index in [1.54, 1.807) is 0 Å². The molecule has 1 aliphatic rings. The van der Waals surface area contributed by atoms with E-state index in [-0.39, 0.29) is 6.10 Å². The lowest BCUT2D eigenvalue weighted by molar-refractivity contribution is 0.0835. The molecule has 94 valence electrons. The summed E-state index contributed by atoms with van der Waals surface area (Å²) in [5.74, 6) is 1.35. The second kappa shape index (κ2) is 4.90. The zero-order chi connectivity index (χ0) is 12.4. The molecule has 4 heteroatoms. The molecule has 0 saturated carbocycles. The van der Waals surface area contributed by atoms with Crippen LogP contribution in [-0.4, -0.2) is 16.7 Å². The topological polar surface area (TPSA) is 48.2 Å². The summed E-state index contributed by atoms with van der Waals surface area (Å²) in [6, 6.07) is 8.38. The van der Waals surface area contributed by atoms with E-state index < -0.39 is 0 Å². The Morgan fingerprint density at radius 3 is 2.83 bits per heavy atom. The molecule has 0 spiro atoms. The minimum atomic E-state index is 0.00395. The number of hydrogen-bond donors (Lipinski definition) is 0. The summed E-state index contributed by atoms with van der Waals surface area (Å²) < 4.78 is 10.8. The van der Waals surface area contributed by atoms with Gasteiger partial charge in [0.15, 0.2) is 5.82 Å². The Bertz CT molecular complexity index is 513. The third-order valence-corrected chi connectivity index (χ3v) is 3.17.